The molecule has 0 amide bonds. The Bertz CT molecular complexity index is 192. The van der Waals surface area contributed by atoms with Gasteiger partial charge in [0.1, 0.15) is 0 Å². The van der Waals surface area contributed by atoms with Gasteiger partial charge in [-0.25, -0.2) is 0 Å². The molecule has 1 rings (SSSR count). The Morgan fingerprint density at radius 1 is 1.42 bits per heavy atom. The van der Waals surface area contributed by atoms with Gasteiger partial charge in [-0.1, -0.05) is 6.92 Å². The molecule has 0 unspecified atom stereocenters. The van der Waals surface area contributed by atoms with E-state index >= 15 is 0 Å². The fourth-order valence-electron chi connectivity index (χ4n) is 0.463. The third-order valence-corrected chi connectivity index (χ3v) is 0.844. The van der Waals surface area contributed by atoms with E-state index in [1.54, 1.807) is 12.5 Å². The Morgan fingerprint density at radius 3 is 2.08 bits per heavy atom. The Hall–Kier alpha value is -1.01. The highest BCUT2D eigenvalue weighted by atomic mass is 19.5. The van der Waals surface area contributed by atoms with E-state index in [1.807, 2.05) is 6.92 Å². The Balaban J connectivity index is 0.000000217. The molecule has 0 bridgehead atoms. The molecule has 0 saturated heterocycles. The van der Waals surface area contributed by atoms with Crippen LogP contribution in [0.3, 0.4) is 0 Å². The highest BCUT2D eigenvalue weighted by Gasteiger charge is 2.20. The van der Waals surface area contributed by atoms with Crippen molar-refractivity contribution in [1.82, 2.24) is 0 Å². The summed E-state index contributed by atoms with van der Waals surface area (Å²) in [6, 6.07) is 0. The molecule has 0 aliphatic carbocycles. The maximum atomic E-state index is 9.75. The molecule has 0 saturated carbocycles. The lowest BCUT2D eigenvalue weighted by molar-refractivity contribution is -0.396. The van der Waals surface area contributed by atoms with Crippen LogP contribution in [0.5, 0.6) is 0 Å². The molecule has 1 aromatic heterocycles. The summed E-state index contributed by atoms with van der Waals surface area (Å²) in [6.07, 6.45) is 4.35. The molecule has 0 atom stereocenters. The highest BCUT2D eigenvalue weighted by molar-refractivity contribution is 6.50. The van der Waals surface area contributed by atoms with E-state index in [4.69, 9.17) is 4.42 Å². The smallest absolute Gasteiger partial charge is 0.418 e. The van der Waals surface area contributed by atoms with Crippen molar-refractivity contribution in [2.75, 3.05) is 0 Å². The zero-order valence-corrected chi connectivity index (χ0v) is 6.36. The standard InChI is InChI=1S/C5H7NO.BF4/c1-2-5-6-3-4-7-5;2-1(3,4)5/h3-4H,2H2,1H3;/q;-1/p+1. The van der Waals surface area contributed by atoms with Crippen LogP contribution in [0.2, 0.25) is 0 Å². The molecule has 70 valence electrons. The van der Waals surface area contributed by atoms with Gasteiger partial charge in [0.25, 0.3) is 0 Å². The van der Waals surface area contributed by atoms with Crippen LogP contribution < -0.4 is 4.98 Å². The summed E-state index contributed by atoms with van der Waals surface area (Å²) >= 11 is 0. The average molecular weight is 185 g/mol. The van der Waals surface area contributed by atoms with Gasteiger partial charge in [0.15, 0.2) is 6.26 Å². The molecule has 0 spiro atoms. The van der Waals surface area contributed by atoms with Crippen molar-refractivity contribution < 1.29 is 26.7 Å². The van der Waals surface area contributed by atoms with Crippen molar-refractivity contribution in [3.63, 3.8) is 0 Å². The second-order valence-corrected chi connectivity index (χ2v) is 1.84. The second kappa shape index (κ2) is 4.79. The van der Waals surface area contributed by atoms with Crippen molar-refractivity contribution in [2.45, 2.75) is 13.3 Å². The highest BCUT2D eigenvalue weighted by Crippen LogP contribution is 2.06. The van der Waals surface area contributed by atoms with Gasteiger partial charge < -0.3 is 21.7 Å². The maximum absolute atomic E-state index is 9.75. The predicted molar refractivity (Wildman–Crippen MR) is 34.8 cm³/mol. The first kappa shape index (κ1) is 11.0. The second-order valence-electron chi connectivity index (χ2n) is 1.84. The van der Waals surface area contributed by atoms with E-state index < -0.39 is 7.25 Å². The number of aryl methyl sites for hydroxylation is 1. The van der Waals surface area contributed by atoms with Crippen LogP contribution in [-0.4, -0.2) is 7.25 Å². The zero-order valence-electron chi connectivity index (χ0n) is 6.36. The third kappa shape index (κ3) is 8.99. The van der Waals surface area contributed by atoms with E-state index in [0.717, 1.165) is 12.3 Å². The summed E-state index contributed by atoms with van der Waals surface area (Å²) in [5.74, 6) is 0.931. The number of H-pyrrole nitrogens is 1. The lowest BCUT2D eigenvalue weighted by Crippen LogP contribution is -2.02. The Labute approximate surface area is 66.7 Å². The molecule has 1 heterocycles. The molecular weight excluding hydrogens is 177 g/mol. The summed E-state index contributed by atoms with van der Waals surface area (Å²) < 4.78 is 43.9. The maximum Gasteiger partial charge on any atom is 0.673 e. The van der Waals surface area contributed by atoms with Crippen molar-refractivity contribution >= 4 is 7.25 Å². The van der Waals surface area contributed by atoms with Gasteiger partial charge >= 0.3 is 13.1 Å². The van der Waals surface area contributed by atoms with Gasteiger partial charge in [0, 0.05) is 0 Å². The van der Waals surface area contributed by atoms with Gasteiger partial charge in [-0.3, -0.25) is 0 Å². The first-order valence-corrected chi connectivity index (χ1v) is 3.25. The number of rotatable bonds is 1. The lowest BCUT2D eigenvalue weighted by atomic mass is 10.3. The van der Waals surface area contributed by atoms with Gasteiger partial charge in [0.05, 0.1) is 6.42 Å². The van der Waals surface area contributed by atoms with Crippen LogP contribution in [0.1, 0.15) is 12.8 Å². The van der Waals surface area contributed by atoms with E-state index in [-0.39, 0.29) is 0 Å². The SMILES string of the molecule is CCc1[nH+]cco1.F[B-](F)(F)F. The van der Waals surface area contributed by atoms with Crippen molar-refractivity contribution in [3.05, 3.63) is 18.4 Å². The summed E-state index contributed by atoms with van der Waals surface area (Å²) in [4.78, 5) is 2.92. The monoisotopic (exact) mass is 185 g/mol. The molecule has 0 aliphatic rings. The van der Waals surface area contributed by atoms with Gasteiger partial charge in [-0.2, -0.15) is 4.98 Å². The van der Waals surface area contributed by atoms with Crippen LogP contribution in [0, 0.1) is 0 Å². The molecule has 7 heteroatoms. The van der Waals surface area contributed by atoms with Crippen molar-refractivity contribution in [3.8, 4) is 0 Å². The number of oxazole rings is 1. The third-order valence-electron chi connectivity index (χ3n) is 0.844. The quantitative estimate of drug-likeness (QED) is 0.485. The first-order valence-electron chi connectivity index (χ1n) is 3.25. The van der Waals surface area contributed by atoms with Gasteiger partial charge in [0.2, 0.25) is 6.20 Å². The number of aromatic nitrogens is 1. The van der Waals surface area contributed by atoms with E-state index in [0.29, 0.717) is 0 Å². The molecule has 1 aromatic rings. The minimum absolute atomic E-state index is 0.931. The average Bonchev–Trinajstić information content (AvgIpc) is 2.33. The number of hydrogen-bond acceptors (Lipinski definition) is 1. The summed E-state index contributed by atoms with van der Waals surface area (Å²) in [7, 11) is -6.00. The molecule has 2 nitrogen and oxygen atoms in total. The zero-order chi connectivity index (χ0) is 9.61. The van der Waals surface area contributed by atoms with Crippen molar-refractivity contribution in [1.29, 1.82) is 0 Å². The van der Waals surface area contributed by atoms with E-state index in [2.05, 4.69) is 4.98 Å². The summed E-state index contributed by atoms with van der Waals surface area (Å²) in [5.41, 5.74) is 0. The predicted octanol–water partition coefficient (Wildman–Crippen LogP) is 1.96. The molecule has 1 N–H and O–H groups in total. The number of hydrogen-bond donors (Lipinski definition) is 0. The summed E-state index contributed by atoms with van der Waals surface area (Å²) in [5, 5.41) is 0. The molecular formula is C5H8BF4NO. The molecule has 0 fully saturated rings. The Kier molecular flexibility index (Phi) is 4.39. The number of aromatic amines is 1. The largest absolute Gasteiger partial charge is 0.673 e. The minimum Gasteiger partial charge on any atom is -0.418 e. The molecule has 12 heavy (non-hydrogen) atoms. The number of halogens is 4. The van der Waals surface area contributed by atoms with Crippen LogP contribution >= 0.6 is 0 Å². The molecule has 0 aromatic carbocycles. The first-order chi connectivity index (χ1) is 5.43. The van der Waals surface area contributed by atoms with Gasteiger partial charge in [-0.15, -0.1) is 0 Å². The van der Waals surface area contributed by atoms with Crippen molar-refractivity contribution in [2.24, 2.45) is 0 Å². The van der Waals surface area contributed by atoms with Crippen LogP contribution in [0.15, 0.2) is 16.9 Å². The summed E-state index contributed by atoms with van der Waals surface area (Å²) in [6.45, 7) is 2.04. The topological polar surface area (TPSA) is 27.3 Å². The fourth-order valence-corrected chi connectivity index (χ4v) is 0.463. The number of nitrogens with one attached hydrogen (secondary N) is 1. The molecule has 0 radical (unpaired) electrons. The molecule has 0 aliphatic heterocycles. The van der Waals surface area contributed by atoms with Crippen LogP contribution in [0.4, 0.5) is 17.3 Å². The lowest BCUT2D eigenvalue weighted by Gasteiger charge is -1.94. The Morgan fingerprint density at radius 2 is 1.92 bits per heavy atom. The minimum atomic E-state index is -6.00. The van der Waals surface area contributed by atoms with E-state index in [9.17, 15) is 17.3 Å². The van der Waals surface area contributed by atoms with Gasteiger partial charge in [-0.05, 0) is 0 Å². The normalized spacial score (nSPS) is 10.4. The van der Waals surface area contributed by atoms with Crippen LogP contribution in [0.25, 0.3) is 0 Å². The van der Waals surface area contributed by atoms with Crippen LogP contribution in [-0.2, 0) is 6.42 Å². The van der Waals surface area contributed by atoms with E-state index in [1.165, 1.54) is 0 Å². The fraction of sp³-hybridized carbons (Fsp3) is 0.400.